The van der Waals surface area contributed by atoms with E-state index in [4.69, 9.17) is 0 Å². The van der Waals surface area contributed by atoms with Crippen LogP contribution in [0.25, 0.3) is 0 Å². The van der Waals surface area contributed by atoms with Gasteiger partial charge in [-0.05, 0) is 12.1 Å². The summed E-state index contributed by atoms with van der Waals surface area (Å²) in [5, 5.41) is 0. The van der Waals surface area contributed by atoms with Crippen molar-refractivity contribution in [2.75, 3.05) is 0 Å². The van der Waals surface area contributed by atoms with Gasteiger partial charge in [-0.15, -0.1) is 0 Å². The highest BCUT2D eigenvalue weighted by Gasteiger charge is 2.19. The number of rotatable bonds is 3. The number of carbonyl (C=O) groups excluding carboxylic acids is 1. The summed E-state index contributed by atoms with van der Waals surface area (Å²) >= 11 is 0. The Morgan fingerprint density at radius 3 is 2.40 bits per heavy atom. The van der Waals surface area contributed by atoms with E-state index < -0.39 is 0 Å². The maximum absolute atomic E-state index is 11.6. The Kier molecular flexibility index (Phi) is 3.78. The zero-order valence-electron chi connectivity index (χ0n) is 9.53. The van der Waals surface area contributed by atoms with E-state index in [1.807, 2.05) is 51.1 Å². The molecule has 2 nitrogen and oxygen atoms in total. The molecule has 0 N–H and O–H groups in total. The summed E-state index contributed by atoms with van der Waals surface area (Å²) in [7, 11) is 0. The van der Waals surface area contributed by atoms with Crippen molar-refractivity contribution in [1.29, 1.82) is 0 Å². The molecule has 80 valence electrons. The lowest BCUT2D eigenvalue weighted by atomic mass is 9.89. The molecular weight excluding hydrogens is 186 g/mol. The Bertz CT molecular complexity index is 347. The molecule has 0 aliphatic rings. The smallest absolute Gasteiger partial charge is 0.143 e. The minimum Gasteiger partial charge on any atom is -0.299 e. The van der Waals surface area contributed by atoms with E-state index in [-0.39, 0.29) is 11.2 Å². The zero-order valence-corrected chi connectivity index (χ0v) is 9.53. The van der Waals surface area contributed by atoms with Gasteiger partial charge < -0.3 is 0 Å². The lowest BCUT2D eigenvalue weighted by molar-refractivity contribution is -0.124. The van der Waals surface area contributed by atoms with Crippen LogP contribution in [-0.4, -0.2) is 12.0 Å². The molecule has 0 saturated carbocycles. The van der Waals surface area contributed by atoms with E-state index in [9.17, 15) is 4.79 Å². The van der Waals surface area contributed by atoms with E-state index in [1.54, 1.807) is 6.21 Å². The summed E-state index contributed by atoms with van der Waals surface area (Å²) < 4.78 is 0. The summed E-state index contributed by atoms with van der Waals surface area (Å²) in [5.41, 5.74) is 0.613. The fourth-order valence-corrected chi connectivity index (χ4v) is 1.05. The molecule has 1 rings (SSSR count). The highest BCUT2D eigenvalue weighted by Crippen LogP contribution is 2.16. The third-order valence-electron chi connectivity index (χ3n) is 2.11. The second kappa shape index (κ2) is 4.87. The first-order valence-electron chi connectivity index (χ1n) is 5.11. The molecular formula is C13H17NO. The predicted octanol–water partition coefficient (Wildman–Crippen LogP) is 3.39. The fourth-order valence-electron chi connectivity index (χ4n) is 1.05. The highest BCUT2D eigenvalue weighted by molar-refractivity contribution is 5.95. The van der Waals surface area contributed by atoms with Crippen molar-refractivity contribution in [1.82, 2.24) is 0 Å². The third kappa shape index (κ3) is 4.07. The molecule has 0 bridgehead atoms. The molecule has 0 atom stereocenters. The average Bonchev–Trinajstić information content (AvgIpc) is 2.18. The van der Waals surface area contributed by atoms with Crippen molar-refractivity contribution in [3.8, 4) is 0 Å². The van der Waals surface area contributed by atoms with Crippen LogP contribution in [-0.2, 0) is 4.79 Å². The Morgan fingerprint density at radius 1 is 1.27 bits per heavy atom. The highest BCUT2D eigenvalue weighted by atomic mass is 16.1. The van der Waals surface area contributed by atoms with E-state index in [1.165, 1.54) is 0 Å². The molecule has 0 aliphatic heterocycles. The average molecular weight is 203 g/mol. The van der Waals surface area contributed by atoms with Gasteiger partial charge in [-0.1, -0.05) is 39.0 Å². The first kappa shape index (κ1) is 11.6. The van der Waals surface area contributed by atoms with Crippen LogP contribution in [0.2, 0.25) is 0 Å². The van der Waals surface area contributed by atoms with Crippen molar-refractivity contribution in [2.24, 2.45) is 10.4 Å². The van der Waals surface area contributed by atoms with Gasteiger partial charge in [-0.3, -0.25) is 9.79 Å². The van der Waals surface area contributed by atoms with Gasteiger partial charge in [0.2, 0.25) is 0 Å². The van der Waals surface area contributed by atoms with Crippen molar-refractivity contribution in [3.63, 3.8) is 0 Å². The van der Waals surface area contributed by atoms with Crippen LogP contribution in [0.1, 0.15) is 27.2 Å². The summed E-state index contributed by atoms with van der Waals surface area (Å²) in [6, 6.07) is 9.63. The van der Waals surface area contributed by atoms with Crippen LogP contribution in [0, 0.1) is 5.41 Å². The molecule has 2 heteroatoms. The van der Waals surface area contributed by atoms with E-state index >= 15 is 0 Å². The zero-order chi connectivity index (χ0) is 11.3. The molecule has 0 fully saturated rings. The largest absolute Gasteiger partial charge is 0.299 e. The SMILES string of the molecule is CC(C)(C)C(=O)CC=Nc1ccccc1. The second-order valence-corrected chi connectivity index (χ2v) is 4.52. The van der Waals surface area contributed by atoms with E-state index in [0.717, 1.165) is 5.69 Å². The van der Waals surface area contributed by atoms with Crippen LogP contribution in [0.3, 0.4) is 0 Å². The minimum absolute atomic E-state index is 0.210. The van der Waals surface area contributed by atoms with Crippen LogP contribution in [0.15, 0.2) is 35.3 Å². The van der Waals surface area contributed by atoms with Gasteiger partial charge in [0, 0.05) is 18.1 Å². The van der Waals surface area contributed by atoms with Gasteiger partial charge in [0.1, 0.15) is 5.78 Å². The molecule has 0 heterocycles. The molecule has 0 aromatic heterocycles. The number of hydrogen-bond acceptors (Lipinski definition) is 2. The third-order valence-corrected chi connectivity index (χ3v) is 2.11. The maximum atomic E-state index is 11.6. The molecule has 0 saturated heterocycles. The Balaban J connectivity index is 2.51. The van der Waals surface area contributed by atoms with Gasteiger partial charge >= 0.3 is 0 Å². The number of hydrogen-bond donors (Lipinski definition) is 0. The molecule has 0 amide bonds. The van der Waals surface area contributed by atoms with Crippen molar-refractivity contribution in [2.45, 2.75) is 27.2 Å². The Labute approximate surface area is 91.0 Å². The Morgan fingerprint density at radius 2 is 1.87 bits per heavy atom. The monoisotopic (exact) mass is 203 g/mol. The minimum atomic E-state index is -0.275. The molecule has 0 unspecified atom stereocenters. The van der Waals surface area contributed by atoms with Crippen LogP contribution >= 0.6 is 0 Å². The number of carbonyl (C=O) groups is 1. The number of para-hydroxylation sites is 1. The number of benzene rings is 1. The van der Waals surface area contributed by atoms with E-state index in [0.29, 0.717) is 6.42 Å². The van der Waals surface area contributed by atoms with Gasteiger partial charge in [-0.25, -0.2) is 0 Å². The predicted molar refractivity (Wildman–Crippen MR) is 63.7 cm³/mol. The number of aliphatic imine (C=N–C) groups is 1. The van der Waals surface area contributed by atoms with Gasteiger partial charge in [0.05, 0.1) is 5.69 Å². The van der Waals surface area contributed by atoms with Gasteiger partial charge in [-0.2, -0.15) is 0 Å². The maximum Gasteiger partial charge on any atom is 0.143 e. The molecule has 0 aliphatic carbocycles. The fraction of sp³-hybridized carbons (Fsp3) is 0.385. The lowest BCUT2D eigenvalue weighted by Gasteiger charge is -2.14. The first-order chi connectivity index (χ1) is 7.00. The molecule has 0 spiro atoms. The molecule has 1 aromatic carbocycles. The summed E-state index contributed by atoms with van der Waals surface area (Å²) in [6.45, 7) is 5.77. The van der Waals surface area contributed by atoms with Crippen LogP contribution in [0.5, 0.6) is 0 Å². The molecule has 15 heavy (non-hydrogen) atoms. The molecule has 1 aromatic rings. The topological polar surface area (TPSA) is 29.4 Å². The summed E-state index contributed by atoms with van der Waals surface area (Å²) in [6.07, 6.45) is 2.08. The standard InChI is InChI=1S/C13H17NO/c1-13(2,3)12(15)9-10-14-11-7-5-4-6-8-11/h4-8,10H,9H2,1-3H3. The quantitative estimate of drug-likeness (QED) is 0.692. The molecule has 0 radical (unpaired) electrons. The Hall–Kier alpha value is -1.44. The summed E-state index contributed by atoms with van der Waals surface area (Å²) in [4.78, 5) is 15.8. The summed E-state index contributed by atoms with van der Waals surface area (Å²) in [5.74, 6) is 0.210. The second-order valence-electron chi connectivity index (χ2n) is 4.52. The van der Waals surface area contributed by atoms with Crippen LogP contribution in [0.4, 0.5) is 5.69 Å². The lowest BCUT2D eigenvalue weighted by Crippen LogP contribution is -2.19. The van der Waals surface area contributed by atoms with Gasteiger partial charge in [0.15, 0.2) is 0 Å². The first-order valence-corrected chi connectivity index (χ1v) is 5.11. The van der Waals surface area contributed by atoms with Gasteiger partial charge in [0.25, 0.3) is 0 Å². The normalized spacial score (nSPS) is 11.9. The van der Waals surface area contributed by atoms with Crippen LogP contribution < -0.4 is 0 Å². The van der Waals surface area contributed by atoms with Crippen molar-refractivity contribution in [3.05, 3.63) is 30.3 Å². The van der Waals surface area contributed by atoms with Crippen molar-refractivity contribution >= 4 is 17.7 Å². The van der Waals surface area contributed by atoms with E-state index in [2.05, 4.69) is 4.99 Å². The number of Topliss-reactive ketones (excluding diaryl/α,β-unsaturated/α-hetero) is 1. The number of nitrogens with zero attached hydrogens (tertiary/aromatic N) is 1. The number of ketones is 1. The van der Waals surface area contributed by atoms with Crippen molar-refractivity contribution < 1.29 is 4.79 Å².